The van der Waals surface area contributed by atoms with Gasteiger partial charge in [0.2, 0.25) is 5.91 Å². The molecule has 1 N–H and O–H groups in total. The molecule has 0 spiro atoms. The zero-order chi connectivity index (χ0) is 17.4. The van der Waals surface area contributed by atoms with E-state index in [1.165, 1.54) is 17.8 Å². The lowest BCUT2D eigenvalue weighted by molar-refractivity contribution is -0.111. The normalized spacial score (nSPS) is 10.5. The number of rotatable bonds is 6. The highest BCUT2D eigenvalue weighted by molar-refractivity contribution is 7.99. The SMILES string of the molecule is N#CCCSc1ccccc1NC(=O)/C=C/c1ccc(Cl)c(Cl)c1. The molecule has 0 aliphatic rings. The van der Waals surface area contributed by atoms with Crippen LogP contribution in [0.5, 0.6) is 0 Å². The molecule has 0 atom stereocenters. The van der Waals surface area contributed by atoms with Crippen molar-refractivity contribution in [2.45, 2.75) is 11.3 Å². The Hall–Kier alpha value is -1.93. The highest BCUT2D eigenvalue weighted by Crippen LogP contribution is 2.27. The number of hydrogen-bond acceptors (Lipinski definition) is 3. The van der Waals surface area contributed by atoms with Gasteiger partial charge in [-0.25, -0.2) is 0 Å². The van der Waals surface area contributed by atoms with Crippen molar-refractivity contribution in [2.75, 3.05) is 11.1 Å². The summed E-state index contributed by atoms with van der Waals surface area (Å²) in [7, 11) is 0. The summed E-state index contributed by atoms with van der Waals surface area (Å²) in [6.45, 7) is 0. The lowest BCUT2D eigenvalue weighted by Gasteiger charge is -2.08. The van der Waals surface area contributed by atoms with E-state index in [2.05, 4.69) is 11.4 Å². The molecule has 0 saturated heterocycles. The van der Waals surface area contributed by atoms with Gasteiger partial charge in [0.25, 0.3) is 0 Å². The van der Waals surface area contributed by atoms with Crippen LogP contribution in [-0.2, 0) is 4.79 Å². The molecule has 0 bridgehead atoms. The first-order valence-electron chi connectivity index (χ1n) is 7.13. The van der Waals surface area contributed by atoms with E-state index in [-0.39, 0.29) is 5.91 Å². The van der Waals surface area contributed by atoms with Crippen molar-refractivity contribution in [1.82, 2.24) is 0 Å². The maximum absolute atomic E-state index is 12.1. The molecule has 0 fully saturated rings. The van der Waals surface area contributed by atoms with E-state index in [1.54, 1.807) is 24.3 Å². The Labute approximate surface area is 155 Å². The Morgan fingerprint density at radius 3 is 2.75 bits per heavy atom. The first-order chi connectivity index (χ1) is 11.6. The number of anilines is 1. The van der Waals surface area contributed by atoms with Crippen LogP contribution < -0.4 is 5.32 Å². The summed E-state index contributed by atoms with van der Waals surface area (Å²) in [4.78, 5) is 13.0. The first-order valence-corrected chi connectivity index (χ1v) is 8.87. The topological polar surface area (TPSA) is 52.9 Å². The second-order valence-electron chi connectivity index (χ2n) is 4.75. The van der Waals surface area contributed by atoms with E-state index in [4.69, 9.17) is 28.5 Å². The lowest BCUT2D eigenvalue weighted by Crippen LogP contribution is -2.08. The van der Waals surface area contributed by atoms with E-state index in [1.807, 2.05) is 24.3 Å². The monoisotopic (exact) mass is 376 g/mol. The number of amides is 1. The van der Waals surface area contributed by atoms with Crippen molar-refractivity contribution in [3.63, 3.8) is 0 Å². The number of halogens is 2. The molecule has 0 unspecified atom stereocenters. The van der Waals surface area contributed by atoms with Gasteiger partial charge in [-0.1, -0.05) is 41.4 Å². The van der Waals surface area contributed by atoms with Crippen molar-refractivity contribution < 1.29 is 4.79 Å². The summed E-state index contributed by atoms with van der Waals surface area (Å²) in [5.41, 5.74) is 1.51. The summed E-state index contributed by atoms with van der Waals surface area (Å²) in [5.74, 6) is 0.442. The first kappa shape index (κ1) is 18.4. The summed E-state index contributed by atoms with van der Waals surface area (Å²) >= 11 is 13.3. The molecular weight excluding hydrogens is 363 g/mol. The van der Waals surface area contributed by atoms with Gasteiger partial charge >= 0.3 is 0 Å². The number of nitriles is 1. The van der Waals surface area contributed by atoms with Crippen molar-refractivity contribution >= 4 is 52.6 Å². The third-order valence-corrected chi connectivity index (χ3v) is 4.80. The number of carbonyl (C=O) groups is 1. The second kappa shape index (κ2) is 9.39. The average molecular weight is 377 g/mol. The molecule has 0 aliphatic heterocycles. The molecule has 0 saturated carbocycles. The van der Waals surface area contributed by atoms with Crippen molar-refractivity contribution in [1.29, 1.82) is 5.26 Å². The van der Waals surface area contributed by atoms with Gasteiger partial charge in [0.05, 0.1) is 21.8 Å². The van der Waals surface area contributed by atoms with E-state index < -0.39 is 0 Å². The van der Waals surface area contributed by atoms with Gasteiger partial charge in [-0.2, -0.15) is 5.26 Å². The Bertz CT molecular complexity index is 800. The number of para-hydroxylation sites is 1. The predicted octanol–water partition coefficient (Wildman–Crippen LogP) is 5.65. The zero-order valence-corrected chi connectivity index (χ0v) is 15.0. The minimum absolute atomic E-state index is 0.241. The summed E-state index contributed by atoms with van der Waals surface area (Å²) in [6.07, 6.45) is 3.57. The fourth-order valence-corrected chi connectivity index (χ4v) is 3.03. The molecule has 2 rings (SSSR count). The smallest absolute Gasteiger partial charge is 0.248 e. The fraction of sp³-hybridized carbons (Fsp3) is 0.111. The summed E-state index contributed by atoms with van der Waals surface area (Å²) in [6, 6.07) is 14.8. The van der Waals surface area contributed by atoms with Crippen LogP contribution >= 0.6 is 35.0 Å². The molecule has 0 aromatic heterocycles. The van der Waals surface area contributed by atoms with Crippen LogP contribution in [0, 0.1) is 11.3 Å². The van der Waals surface area contributed by atoms with Crippen molar-refractivity contribution in [3.8, 4) is 6.07 Å². The van der Waals surface area contributed by atoms with Crippen LogP contribution in [0.2, 0.25) is 10.0 Å². The number of nitrogens with zero attached hydrogens (tertiary/aromatic N) is 1. The van der Waals surface area contributed by atoms with Crippen molar-refractivity contribution in [3.05, 3.63) is 64.1 Å². The highest BCUT2D eigenvalue weighted by atomic mass is 35.5. The van der Waals surface area contributed by atoms with Crippen molar-refractivity contribution in [2.24, 2.45) is 0 Å². The average Bonchev–Trinajstić information content (AvgIpc) is 2.58. The largest absolute Gasteiger partial charge is 0.321 e. The standard InChI is InChI=1S/C18H14Cl2N2OS/c19-14-8-6-13(12-15(14)20)7-9-18(23)22-16-4-1-2-5-17(16)24-11-3-10-21/h1-2,4-9,12H,3,11H2,(H,22,23)/b9-7+. The molecule has 6 heteroatoms. The second-order valence-corrected chi connectivity index (χ2v) is 6.70. The van der Waals surface area contributed by atoms with Gasteiger partial charge in [-0.3, -0.25) is 4.79 Å². The molecule has 2 aromatic rings. The van der Waals surface area contributed by atoms with Crippen LogP contribution in [0.15, 0.2) is 53.4 Å². The molecule has 0 radical (unpaired) electrons. The molecule has 0 aliphatic carbocycles. The number of carbonyl (C=O) groups excluding carboxylic acids is 1. The van der Waals surface area contributed by atoms with Crippen LogP contribution in [0.3, 0.4) is 0 Å². The van der Waals surface area contributed by atoms with Gasteiger partial charge in [0.15, 0.2) is 0 Å². The fourth-order valence-electron chi connectivity index (χ4n) is 1.86. The van der Waals surface area contributed by atoms with Crippen LogP contribution in [0.25, 0.3) is 6.08 Å². The van der Waals surface area contributed by atoms with E-state index in [0.29, 0.717) is 22.2 Å². The number of hydrogen-bond donors (Lipinski definition) is 1. The molecule has 1 amide bonds. The minimum atomic E-state index is -0.241. The Kier molecular flexibility index (Phi) is 7.20. The zero-order valence-electron chi connectivity index (χ0n) is 12.6. The third-order valence-electron chi connectivity index (χ3n) is 2.99. The Morgan fingerprint density at radius 2 is 2.00 bits per heavy atom. The highest BCUT2D eigenvalue weighted by Gasteiger charge is 2.05. The molecule has 0 heterocycles. The van der Waals surface area contributed by atoms with E-state index >= 15 is 0 Å². The van der Waals surface area contributed by atoms with Crippen LogP contribution in [0.1, 0.15) is 12.0 Å². The van der Waals surface area contributed by atoms with Crippen LogP contribution in [-0.4, -0.2) is 11.7 Å². The Morgan fingerprint density at radius 1 is 1.21 bits per heavy atom. The van der Waals surface area contributed by atoms with Gasteiger partial charge in [0.1, 0.15) is 0 Å². The molecule has 3 nitrogen and oxygen atoms in total. The number of nitrogens with one attached hydrogen (secondary N) is 1. The summed E-state index contributed by atoms with van der Waals surface area (Å²) < 4.78 is 0. The molecule has 2 aromatic carbocycles. The van der Waals surface area contributed by atoms with Crippen LogP contribution in [0.4, 0.5) is 5.69 Å². The number of benzene rings is 2. The third kappa shape index (κ3) is 5.61. The molecular formula is C18H14Cl2N2OS. The number of thioether (sulfide) groups is 1. The minimum Gasteiger partial charge on any atom is -0.321 e. The maximum Gasteiger partial charge on any atom is 0.248 e. The summed E-state index contributed by atoms with van der Waals surface area (Å²) in [5, 5.41) is 12.4. The predicted molar refractivity (Wildman–Crippen MR) is 102 cm³/mol. The van der Waals surface area contributed by atoms with E-state index in [0.717, 1.165) is 16.1 Å². The van der Waals surface area contributed by atoms with Gasteiger partial charge in [-0.15, -0.1) is 11.8 Å². The van der Waals surface area contributed by atoms with E-state index in [9.17, 15) is 4.79 Å². The quantitative estimate of drug-likeness (QED) is 0.402. The van der Waals surface area contributed by atoms with Gasteiger partial charge < -0.3 is 5.32 Å². The molecule has 24 heavy (non-hydrogen) atoms. The maximum atomic E-state index is 12.1. The Balaban J connectivity index is 2.03. The molecule has 122 valence electrons. The lowest BCUT2D eigenvalue weighted by atomic mass is 10.2. The van der Waals surface area contributed by atoms with Gasteiger partial charge in [0, 0.05) is 23.1 Å². The van der Waals surface area contributed by atoms with Gasteiger partial charge in [-0.05, 0) is 35.9 Å².